The van der Waals surface area contributed by atoms with E-state index < -0.39 is 17.6 Å². The van der Waals surface area contributed by atoms with Crippen LogP contribution in [0.15, 0.2) is 52.1 Å². The van der Waals surface area contributed by atoms with E-state index in [1.165, 1.54) is 23.1 Å². The van der Waals surface area contributed by atoms with Gasteiger partial charge in [0, 0.05) is 32.4 Å². The largest absolute Gasteiger partial charge is 0.332 e. The first-order chi connectivity index (χ1) is 13.8. The topological polar surface area (TPSA) is 89.4 Å². The molecule has 2 aromatic rings. The van der Waals surface area contributed by atoms with E-state index in [0.29, 0.717) is 22.2 Å². The maximum Gasteiger partial charge on any atom is 0.332 e. The number of hydrogen-bond acceptors (Lipinski definition) is 3. The lowest BCUT2D eigenvalue weighted by Crippen LogP contribution is -2.47. The molecule has 0 radical (unpaired) electrons. The maximum atomic E-state index is 13.6. The average molecular weight is 495 g/mol. The van der Waals surface area contributed by atoms with E-state index in [1.54, 1.807) is 0 Å². The highest BCUT2D eigenvalue weighted by Crippen LogP contribution is 2.44. The fourth-order valence-electron chi connectivity index (χ4n) is 4.06. The monoisotopic (exact) mass is 493 g/mol. The Labute approximate surface area is 184 Å². The summed E-state index contributed by atoms with van der Waals surface area (Å²) >= 11 is 15.6. The van der Waals surface area contributed by atoms with Crippen LogP contribution in [0.5, 0.6) is 0 Å². The molecule has 4 rings (SSSR count). The maximum absolute atomic E-state index is 13.6. The minimum Gasteiger partial charge on any atom is -0.308 e. The summed E-state index contributed by atoms with van der Waals surface area (Å²) < 4.78 is 0.915. The third-order valence-electron chi connectivity index (χ3n) is 5.24. The summed E-state index contributed by atoms with van der Waals surface area (Å²) in [5.41, 5.74) is 8.93. The van der Waals surface area contributed by atoms with Crippen molar-refractivity contribution in [1.82, 2.24) is 4.90 Å². The number of carbonyl (C=O) groups is 2. The van der Waals surface area contributed by atoms with Gasteiger partial charge in [0.2, 0.25) is 0 Å². The molecule has 0 bridgehead atoms. The first-order valence-electron chi connectivity index (χ1n) is 8.75. The number of carbonyl (C=O) groups excluding carboxylic acids is 2. The Balaban J connectivity index is 1.78. The average Bonchev–Trinajstić information content (AvgIpc) is 3.10. The molecule has 2 saturated heterocycles. The fourth-order valence-corrected chi connectivity index (χ4v) is 4.84. The van der Waals surface area contributed by atoms with Crippen molar-refractivity contribution in [2.75, 3.05) is 11.4 Å². The number of azide groups is 1. The highest BCUT2D eigenvalue weighted by Gasteiger charge is 2.62. The molecule has 0 N–H and O–H groups in total. The Morgan fingerprint density at radius 1 is 1.17 bits per heavy atom. The van der Waals surface area contributed by atoms with E-state index in [-0.39, 0.29) is 18.9 Å². The molecule has 0 spiro atoms. The van der Waals surface area contributed by atoms with Gasteiger partial charge in [-0.2, -0.15) is 0 Å². The lowest BCUT2D eigenvalue weighted by Gasteiger charge is -2.28. The van der Waals surface area contributed by atoms with Crippen LogP contribution in [0.25, 0.3) is 10.4 Å². The van der Waals surface area contributed by atoms with Crippen LogP contribution in [0.3, 0.4) is 0 Å². The molecule has 10 heteroatoms. The van der Waals surface area contributed by atoms with Gasteiger partial charge in [0.25, 0.3) is 5.91 Å². The summed E-state index contributed by atoms with van der Waals surface area (Å²) in [6.45, 7) is 0.177. The number of urea groups is 1. The molecule has 0 aromatic heterocycles. The van der Waals surface area contributed by atoms with Crippen LogP contribution >= 0.6 is 39.1 Å². The van der Waals surface area contributed by atoms with Gasteiger partial charge in [-0.05, 0) is 47.8 Å². The minimum atomic E-state index is -1.13. The molecular formula is C19H14BrCl2N5O2. The van der Waals surface area contributed by atoms with E-state index in [4.69, 9.17) is 28.7 Å². The van der Waals surface area contributed by atoms with Crippen molar-refractivity contribution in [2.24, 2.45) is 5.11 Å². The lowest BCUT2D eigenvalue weighted by atomic mass is 9.87. The van der Waals surface area contributed by atoms with Gasteiger partial charge in [0.1, 0.15) is 5.54 Å². The number of nitrogens with zero attached hydrogens (tertiary/aromatic N) is 5. The molecular weight excluding hydrogens is 481 g/mol. The number of amides is 3. The summed E-state index contributed by atoms with van der Waals surface area (Å²) in [6.07, 6.45) is 0.565. The fraction of sp³-hybridized carbons (Fsp3) is 0.263. The zero-order chi connectivity index (χ0) is 20.8. The van der Waals surface area contributed by atoms with Crippen molar-refractivity contribution in [1.29, 1.82) is 0 Å². The second-order valence-corrected chi connectivity index (χ2v) is 8.85. The van der Waals surface area contributed by atoms with Crippen LogP contribution in [0.4, 0.5) is 10.5 Å². The summed E-state index contributed by atoms with van der Waals surface area (Å²) in [4.78, 5) is 32.3. The second kappa shape index (κ2) is 7.54. The van der Waals surface area contributed by atoms with Crippen molar-refractivity contribution in [2.45, 2.75) is 24.4 Å². The normalized spacial score (nSPS) is 23.3. The molecule has 148 valence electrons. The Kier molecular flexibility index (Phi) is 5.21. The van der Waals surface area contributed by atoms with Gasteiger partial charge in [-0.15, -0.1) is 0 Å². The molecule has 2 aromatic carbocycles. The van der Waals surface area contributed by atoms with Crippen molar-refractivity contribution < 1.29 is 9.59 Å². The number of benzene rings is 2. The third kappa shape index (κ3) is 3.46. The third-order valence-corrected chi connectivity index (χ3v) is 6.20. The minimum absolute atomic E-state index is 0.177. The van der Waals surface area contributed by atoms with E-state index in [9.17, 15) is 9.59 Å². The quantitative estimate of drug-likeness (QED) is 0.240. The zero-order valence-electron chi connectivity index (χ0n) is 14.9. The van der Waals surface area contributed by atoms with E-state index in [1.807, 2.05) is 24.3 Å². The highest BCUT2D eigenvalue weighted by molar-refractivity contribution is 9.10. The molecule has 0 saturated carbocycles. The predicted octanol–water partition coefficient (Wildman–Crippen LogP) is 5.59. The summed E-state index contributed by atoms with van der Waals surface area (Å²) in [5.74, 6) is -0.376. The number of hydrogen-bond donors (Lipinski definition) is 0. The molecule has 29 heavy (non-hydrogen) atoms. The molecule has 2 fully saturated rings. The molecule has 2 atom stereocenters. The molecule has 2 heterocycles. The number of anilines is 1. The van der Waals surface area contributed by atoms with Gasteiger partial charge < -0.3 is 4.90 Å². The number of imide groups is 1. The van der Waals surface area contributed by atoms with Gasteiger partial charge in [-0.1, -0.05) is 56.4 Å². The van der Waals surface area contributed by atoms with Crippen molar-refractivity contribution in [3.05, 3.63) is 73.0 Å². The molecule has 0 aliphatic carbocycles. The van der Waals surface area contributed by atoms with Crippen molar-refractivity contribution in [3.63, 3.8) is 0 Å². The highest BCUT2D eigenvalue weighted by atomic mass is 79.9. The van der Waals surface area contributed by atoms with Gasteiger partial charge in [0.05, 0.1) is 11.7 Å². The summed E-state index contributed by atoms with van der Waals surface area (Å²) in [5, 5.41) is 4.42. The van der Waals surface area contributed by atoms with E-state index in [2.05, 4.69) is 26.0 Å². The predicted molar refractivity (Wildman–Crippen MR) is 114 cm³/mol. The standard InChI is InChI=1S/C19H14BrCl2N5O2/c20-12-3-1-11(2-4-12)8-19-9-15(24-25-23)10-26(19)18(29)27(17(19)28)16-6-13(21)5-14(22)7-16/h1-7,15H,8-10H2/t15-,19-/m1/s1. The van der Waals surface area contributed by atoms with Crippen molar-refractivity contribution >= 4 is 56.8 Å². The Morgan fingerprint density at radius 3 is 2.45 bits per heavy atom. The van der Waals surface area contributed by atoms with Gasteiger partial charge in [0.15, 0.2) is 0 Å². The van der Waals surface area contributed by atoms with Crippen LogP contribution in [0, 0.1) is 0 Å². The Bertz CT molecular complexity index is 1040. The number of rotatable bonds is 4. The van der Waals surface area contributed by atoms with E-state index in [0.717, 1.165) is 14.9 Å². The summed E-state index contributed by atoms with van der Waals surface area (Å²) in [6, 6.07) is 11.2. The van der Waals surface area contributed by atoms with Gasteiger partial charge >= 0.3 is 6.03 Å². The van der Waals surface area contributed by atoms with Gasteiger partial charge in [-0.3, -0.25) is 4.79 Å². The van der Waals surface area contributed by atoms with Crippen molar-refractivity contribution in [3.8, 4) is 0 Å². The Morgan fingerprint density at radius 2 is 1.83 bits per heavy atom. The molecule has 2 aliphatic rings. The number of fused-ring (bicyclic) bond motifs is 1. The summed E-state index contributed by atoms with van der Waals surface area (Å²) in [7, 11) is 0. The van der Waals surface area contributed by atoms with Crippen LogP contribution in [-0.2, 0) is 11.2 Å². The zero-order valence-corrected chi connectivity index (χ0v) is 18.0. The molecule has 0 unspecified atom stereocenters. The SMILES string of the molecule is [N-]=[N+]=N[C@H]1CN2C(=O)N(c3cc(Cl)cc(Cl)c3)C(=O)[C@@]2(Cc2ccc(Br)cc2)C1. The number of halogens is 3. The van der Waals surface area contributed by atoms with Crippen LogP contribution < -0.4 is 4.90 Å². The first-order valence-corrected chi connectivity index (χ1v) is 10.3. The molecule has 2 aliphatic heterocycles. The molecule has 7 nitrogen and oxygen atoms in total. The first kappa shape index (κ1) is 20.0. The van der Waals surface area contributed by atoms with E-state index >= 15 is 0 Å². The van der Waals surface area contributed by atoms with Crippen LogP contribution in [0.1, 0.15) is 12.0 Å². The van der Waals surface area contributed by atoms with Crippen LogP contribution in [0.2, 0.25) is 10.0 Å². The van der Waals surface area contributed by atoms with Gasteiger partial charge in [-0.25, -0.2) is 9.69 Å². The molecule has 3 amide bonds. The lowest BCUT2D eigenvalue weighted by molar-refractivity contribution is -0.124. The smallest absolute Gasteiger partial charge is 0.308 e. The van der Waals surface area contributed by atoms with Crippen LogP contribution in [-0.4, -0.2) is 35.0 Å². The Hall–Kier alpha value is -2.25. The second-order valence-electron chi connectivity index (χ2n) is 7.06.